The summed E-state index contributed by atoms with van der Waals surface area (Å²) in [6.45, 7) is 6.86. The number of hydrogen-bond donors (Lipinski definition) is 1. The first-order valence-corrected chi connectivity index (χ1v) is 31.1. The Labute approximate surface area is 428 Å². The maximum atomic E-state index is 13.5. The number of phosphoric acid groups is 1. The van der Waals surface area contributed by atoms with E-state index in [9.17, 15) is 19.0 Å². The molecule has 0 aliphatic rings. The molecule has 0 aromatic carbocycles. The van der Waals surface area contributed by atoms with Gasteiger partial charge in [-0.05, 0) is 57.4 Å². The molecular weight excluding hydrogens is 880 g/mol. The van der Waals surface area contributed by atoms with E-state index in [1.165, 1.54) is 186 Å². The van der Waals surface area contributed by atoms with Gasteiger partial charge in [0.2, 0.25) is 5.91 Å². The monoisotopic (exact) mass is 995 g/mol. The van der Waals surface area contributed by atoms with E-state index in [0.717, 1.165) is 64.2 Å². The van der Waals surface area contributed by atoms with Crippen molar-refractivity contribution in [2.24, 2.45) is 0 Å². The van der Waals surface area contributed by atoms with Crippen molar-refractivity contribution >= 4 is 19.7 Å². The standard InChI is InChI=1S/C59H115N2O7P/c1-7-10-13-16-19-22-25-28-29-30-31-34-36-39-42-45-48-51-58(62)60-56(55-67-69(64,65)66-54-53-61(4,5)6)57(50-47-44-41-38-35-32-26-23-20-17-14-11-8-2)68-59(63)52-49-46-43-40-37-33-27-24-21-18-15-12-9-3/h33,37,47,50,56-57H,7-32,34-36,38-46,48-49,51-55H2,1-6H3,(H-,60,62,64,65)/b37-33-,50-47+. The molecule has 10 heteroatoms. The van der Waals surface area contributed by atoms with E-state index in [2.05, 4.69) is 38.2 Å². The molecular formula is C59H115N2O7P. The topological polar surface area (TPSA) is 114 Å². The number of esters is 1. The Hall–Kier alpha value is -1.51. The van der Waals surface area contributed by atoms with Gasteiger partial charge in [-0.1, -0.05) is 244 Å². The van der Waals surface area contributed by atoms with Gasteiger partial charge in [0.15, 0.2) is 0 Å². The van der Waals surface area contributed by atoms with E-state index in [1.54, 1.807) is 0 Å². The van der Waals surface area contributed by atoms with Crippen LogP contribution in [0.1, 0.15) is 290 Å². The first-order valence-electron chi connectivity index (χ1n) is 29.6. The second-order valence-electron chi connectivity index (χ2n) is 21.5. The van der Waals surface area contributed by atoms with E-state index >= 15 is 0 Å². The molecule has 408 valence electrons. The van der Waals surface area contributed by atoms with Gasteiger partial charge in [-0.3, -0.25) is 14.2 Å². The average Bonchev–Trinajstić information content (AvgIpc) is 3.31. The van der Waals surface area contributed by atoms with Gasteiger partial charge in [0.25, 0.3) is 7.82 Å². The quantitative estimate of drug-likeness (QED) is 0.0212. The maximum absolute atomic E-state index is 13.5. The Bertz CT molecular complexity index is 1240. The highest BCUT2D eigenvalue weighted by Crippen LogP contribution is 2.38. The molecule has 0 fully saturated rings. The Morgan fingerprint density at radius 3 is 1.25 bits per heavy atom. The smallest absolute Gasteiger partial charge is 0.306 e. The number of amides is 1. The predicted molar refractivity (Wildman–Crippen MR) is 293 cm³/mol. The number of hydrogen-bond acceptors (Lipinski definition) is 7. The van der Waals surface area contributed by atoms with Crippen molar-refractivity contribution in [2.75, 3.05) is 40.9 Å². The van der Waals surface area contributed by atoms with Gasteiger partial charge in [0, 0.05) is 12.8 Å². The fourth-order valence-corrected chi connectivity index (χ4v) is 9.48. The summed E-state index contributed by atoms with van der Waals surface area (Å²) >= 11 is 0. The third-order valence-corrected chi connectivity index (χ3v) is 14.3. The van der Waals surface area contributed by atoms with E-state index in [1.807, 2.05) is 33.3 Å². The summed E-state index contributed by atoms with van der Waals surface area (Å²) in [4.78, 5) is 39.9. The maximum Gasteiger partial charge on any atom is 0.306 e. The number of rotatable bonds is 54. The molecule has 0 aliphatic carbocycles. The van der Waals surface area contributed by atoms with Gasteiger partial charge < -0.3 is 28.5 Å². The average molecular weight is 996 g/mol. The molecule has 0 spiro atoms. The normalized spacial score (nSPS) is 13.9. The molecule has 69 heavy (non-hydrogen) atoms. The minimum Gasteiger partial charge on any atom is -0.756 e. The van der Waals surface area contributed by atoms with E-state index in [4.69, 9.17) is 13.8 Å². The van der Waals surface area contributed by atoms with Crippen LogP contribution >= 0.6 is 7.82 Å². The SMILES string of the molecule is CCCCCCCC/C=C\CCCCCC(=O)OC(/C=C/CCCCCCCCCCCCC)C(COP(=O)([O-])OCC[N+](C)(C)C)NC(=O)CCCCCCCCCCCCCCCCCCC. The number of nitrogens with one attached hydrogen (secondary N) is 1. The lowest BCUT2D eigenvalue weighted by Gasteiger charge is -2.30. The zero-order chi connectivity index (χ0) is 50.8. The molecule has 3 unspecified atom stereocenters. The first kappa shape index (κ1) is 67.5. The van der Waals surface area contributed by atoms with Crippen LogP contribution in [0.2, 0.25) is 0 Å². The van der Waals surface area contributed by atoms with Crippen molar-refractivity contribution in [1.82, 2.24) is 5.32 Å². The van der Waals surface area contributed by atoms with Crippen LogP contribution in [0, 0.1) is 0 Å². The van der Waals surface area contributed by atoms with E-state index in [0.29, 0.717) is 23.9 Å². The molecule has 3 atom stereocenters. The van der Waals surface area contributed by atoms with Crippen molar-refractivity contribution in [1.29, 1.82) is 0 Å². The molecule has 1 N–H and O–H groups in total. The first-order chi connectivity index (χ1) is 33.4. The van der Waals surface area contributed by atoms with Gasteiger partial charge in [0.05, 0.1) is 33.8 Å². The van der Waals surface area contributed by atoms with Crippen LogP contribution in [0.25, 0.3) is 0 Å². The second-order valence-corrected chi connectivity index (χ2v) is 22.9. The Morgan fingerprint density at radius 2 is 0.841 bits per heavy atom. The number of likely N-dealkylation sites (N-methyl/N-ethyl adjacent to an activating group) is 1. The van der Waals surface area contributed by atoms with Crippen molar-refractivity contribution in [3.8, 4) is 0 Å². The molecule has 9 nitrogen and oxygen atoms in total. The van der Waals surface area contributed by atoms with Gasteiger partial charge in [0.1, 0.15) is 19.3 Å². The summed E-state index contributed by atoms with van der Waals surface area (Å²) in [6.07, 6.45) is 57.1. The number of nitrogens with zero attached hydrogens (tertiary/aromatic N) is 1. The molecule has 0 aromatic rings. The van der Waals surface area contributed by atoms with Gasteiger partial charge in [-0.2, -0.15) is 0 Å². The van der Waals surface area contributed by atoms with Crippen molar-refractivity contribution in [3.05, 3.63) is 24.3 Å². The Morgan fingerprint density at radius 1 is 0.493 bits per heavy atom. The van der Waals surface area contributed by atoms with Crippen LogP contribution in [0.4, 0.5) is 0 Å². The Balaban J connectivity index is 5.32. The molecule has 0 saturated carbocycles. The molecule has 0 aromatic heterocycles. The number of carbonyl (C=O) groups is 2. The summed E-state index contributed by atoms with van der Waals surface area (Å²) in [6, 6.07) is -0.887. The van der Waals surface area contributed by atoms with Gasteiger partial charge in [-0.15, -0.1) is 0 Å². The fourth-order valence-electron chi connectivity index (χ4n) is 8.75. The highest BCUT2D eigenvalue weighted by Gasteiger charge is 2.27. The van der Waals surface area contributed by atoms with Crippen LogP contribution in [-0.4, -0.2) is 69.4 Å². The summed E-state index contributed by atoms with van der Waals surface area (Å²) in [7, 11) is 1.19. The lowest BCUT2D eigenvalue weighted by molar-refractivity contribution is -0.870. The highest BCUT2D eigenvalue weighted by molar-refractivity contribution is 7.45. The zero-order valence-corrected chi connectivity index (χ0v) is 47.4. The predicted octanol–water partition coefficient (Wildman–Crippen LogP) is 17.1. The number of ether oxygens (including phenoxy) is 1. The lowest BCUT2D eigenvalue weighted by Crippen LogP contribution is -2.47. The van der Waals surface area contributed by atoms with Crippen LogP contribution in [0.15, 0.2) is 24.3 Å². The van der Waals surface area contributed by atoms with Crippen LogP contribution in [-0.2, 0) is 27.9 Å². The second kappa shape index (κ2) is 50.0. The minimum atomic E-state index is -4.69. The van der Waals surface area contributed by atoms with Crippen LogP contribution in [0.5, 0.6) is 0 Å². The van der Waals surface area contributed by atoms with Gasteiger partial charge >= 0.3 is 5.97 Å². The molecule has 0 aliphatic heterocycles. The third kappa shape index (κ3) is 51.2. The minimum absolute atomic E-state index is 0.0210. The number of quaternary nitrogens is 1. The summed E-state index contributed by atoms with van der Waals surface area (Å²) in [5.41, 5.74) is 0. The molecule has 0 radical (unpaired) electrons. The lowest BCUT2D eigenvalue weighted by atomic mass is 10.0. The largest absolute Gasteiger partial charge is 0.756 e. The number of phosphoric ester groups is 1. The van der Waals surface area contributed by atoms with Crippen molar-refractivity contribution < 1.29 is 37.3 Å². The molecule has 0 heterocycles. The van der Waals surface area contributed by atoms with Crippen molar-refractivity contribution in [3.63, 3.8) is 0 Å². The van der Waals surface area contributed by atoms with E-state index in [-0.39, 0.29) is 31.5 Å². The summed E-state index contributed by atoms with van der Waals surface area (Å²) < 4.78 is 30.2. The van der Waals surface area contributed by atoms with Crippen LogP contribution in [0.3, 0.4) is 0 Å². The van der Waals surface area contributed by atoms with Crippen LogP contribution < -0.4 is 10.2 Å². The Kier molecular flexibility index (Phi) is 48.9. The van der Waals surface area contributed by atoms with E-state index < -0.39 is 20.0 Å². The molecule has 0 bridgehead atoms. The number of unbranched alkanes of at least 4 members (excludes halogenated alkanes) is 36. The molecule has 1 amide bonds. The highest BCUT2D eigenvalue weighted by atomic mass is 31.2. The summed E-state index contributed by atoms with van der Waals surface area (Å²) in [5, 5.41) is 3.03. The summed E-state index contributed by atoms with van der Waals surface area (Å²) in [5.74, 6) is -0.546. The number of allylic oxidation sites excluding steroid dienone is 3. The fraction of sp³-hybridized carbons (Fsp3) is 0.898. The van der Waals surface area contributed by atoms with Crippen molar-refractivity contribution in [2.45, 2.75) is 303 Å². The van der Waals surface area contributed by atoms with Gasteiger partial charge in [-0.25, -0.2) is 0 Å². The number of carbonyl (C=O) groups excluding carboxylic acids is 2. The molecule has 0 rings (SSSR count). The molecule has 0 saturated heterocycles. The third-order valence-electron chi connectivity index (χ3n) is 13.4. The zero-order valence-electron chi connectivity index (χ0n) is 46.5.